The van der Waals surface area contributed by atoms with E-state index in [2.05, 4.69) is 43.4 Å². The molecule has 1 aromatic carbocycles. The van der Waals surface area contributed by atoms with Gasteiger partial charge >= 0.3 is 0 Å². The molecule has 1 heteroatoms. The molecular weight excluding hydrogens is 170 g/mol. The molecule has 2 atom stereocenters. The third-order valence-corrected chi connectivity index (χ3v) is 3.34. The van der Waals surface area contributed by atoms with Crippen molar-refractivity contribution < 1.29 is 0 Å². The molecule has 76 valence electrons. The maximum absolute atomic E-state index is 3.64. The summed E-state index contributed by atoms with van der Waals surface area (Å²) < 4.78 is 0. The predicted molar refractivity (Wildman–Crippen MR) is 60.2 cm³/mol. The smallest absolute Gasteiger partial charge is 0.0210 e. The van der Waals surface area contributed by atoms with Crippen LogP contribution < -0.4 is 5.32 Å². The normalized spacial score (nSPS) is 26.7. The van der Waals surface area contributed by atoms with E-state index < -0.39 is 0 Å². The van der Waals surface area contributed by atoms with Crippen LogP contribution in [-0.4, -0.2) is 6.04 Å². The second-order valence-corrected chi connectivity index (χ2v) is 4.35. The Bertz CT molecular complexity index is 306. The van der Waals surface area contributed by atoms with Crippen molar-refractivity contribution in [2.45, 2.75) is 39.3 Å². The molecule has 0 saturated carbocycles. The van der Waals surface area contributed by atoms with Crippen molar-refractivity contribution in [2.24, 2.45) is 5.92 Å². The van der Waals surface area contributed by atoms with Crippen molar-refractivity contribution in [2.75, 3.05) is 0 Å². The third kappa shape index (κ3) is 1.83. The van der Waals surface area contributed by atoms with Gasteiger partial charge in [-0.25, -0.2) is 0 Å². The molecule has 0 amide bonds. The van der Waals surface area contributed by atoms with Crippen molar-refractivity contribution in [3.8, 4) is 0 Å². The van der Waals surface area contributed by atoms with E-state index in [9.17, 15) is 0 Å². The van der Waals surface area contributed by atoms with E-state index in [-0.39, 0.29) is 0 Å². The summed E-state index contributed by atoms with van der Waals surface area (Å²) in [7, 11) is 0. The van der Waals surface area contributed by atoms with Crippen molar-refractivity contribution in [3.63, 3.8) is 0 Å². The summed E-state index contributed by atoms with van der Waals surface area (Å²) in [5.74, 6) is 0.753. The average molecular weight is 189 g/mol. The van der Waals surface area contributed by atoms with Crippen molar-refractivity contribution >= 4 is 0 Å². The van der Waals surface area contributed by atoms with E-state index in [0.717, 1.165) is 12.5 Å². The molecule has 0 saturated heterocycles. The van der Waals surface area contributed by atoms with Crippen LogP contribution in [0.5, 0.6) is 0 Å². The second-order valence-electron chi connectivity index (χ2n) is 4.35. The molecule has 0 aliphatic carbocycles. The first kappa shape index (κ1) is 9.72. The SMILES string of the molecule is CCC1NCc2ccccc2CC1C. The molecule has 1 aliphatic heterocycles. The Morgan fingerprint density at radius 2 is 2.00 bits per heavy atom. The van der Waals surface area contributed by atoms with E-state index in [4.69, 9.17) is 0 Å². The highest BCUT2D eigenvalue weighted by Gasteiger charge is 2.20. The van der Waals surface area contributed by atoms with E-state index in [1.165, 1.54) is 24.0 Å². The predicted octanol–water partition coefficient (Wildman–Crippen LogP) is 2.75. The third-order valence-electron chi connectivity index (χ3n) is 3.34. The lowest BCUT2D eigenvalue weighted by Gasteiger charge is -2.20. The summed E-state index contributed by atoms with van der Waals surface area (Å²) in [6.07, 6.45) is 2.46. The molecule has 1 N–H and O–H groups in total. The molecule has 1 aliphatic rings. The maximum Gasteiger partial charge on any atom is 0.0210 e. The zero-order valence-electron chi connectivity index (χ0n) is 9.09. The van der Waals surface area contributed by atoms with Crippen LogP contribution >= 0.6 is 0 Å². The minimum absolute atomic E-state index is 0.683. The number of nitrogens with one attached hydrogen (secondary N) is 1. The Labute approximate surface area is 86.5 Å². The van der Waals surface area contributed by atoms with Crippen LogP contribution in [0.3, 0.4) is 0 Å². The standard InChI is InChI=1S/C13H19N/c1-3-13-10(2)8-11-6-4-5-7-12(11)9-14-13/h4-7,10,13-14H,3,8-9H2,1-2H3. The lowest BCUT2D eigenvalue weighted by Crippen LogP contribution is -2.32. The molecule has 0 radical (unpaired) electrons. The van der Waals surface area contributed by atoms with Crippen molar-refractivity contribution in [1.82, 2.24) is 5.32 Å². The Morgan fingerprint density at radius 1 is 1.29 bits per heavy atom. The summed E-state index contributed by atoms with van der Waals surface area (Å²) in [6.45, 7) is 5.66. The van der Waals surface area contributed by atoms with E-state index in [0.29, 0.717) is 6.04 Å². The number of rotatable bonds is 1. The highest BCUT2D eigenvalue weighted by atomic mass is 14.9. The fourth-order valence-corrected chi connectivity index (χ4v) is 2.41. The van der Waals surface area contributed by atoms with Gasteiger partial charge in [-0.1, -0.05) is 38.1 Å². The largest absolute Gasteiger partial charge is 0.310 e. The Hall–Kier alpha value is -0.820. The van der Waals surface area contributed by atoms with E-state index in [1.54, 1.807) is 0 Å². The lowest BCUT2D eigenvalue weighted by molar-refractivity contribution is 0.376. The molecule has 1 nitrogen and oxygen atoms in total. The maximum atomic E-state index is 3.64. The van der Waals surface area contributed by atoms with Gasteiger partial charge in [0.15, 0.2) is 0 Å². The summed E-state index contributed by atoms with van der Waals surface area (Å²) in [6, 6.07) is 9.48. The molecule has 1 aromatic rings. The Kier molecular flexibility index (Phi) is 2.87. The lowest BCUT2D eigenvalue weighted by atomic mass is 9.93. The molecule has 2 rings (SSSR count). The van der Waals surface area contributed by atoms with Crippen LogP contribution in [0, 0.1) is 5.92 Å². The van der Waals surface area contributed by atoms with Gasteiger partial charge < -0.3 is 5.32 Å². The summed E-state index contributed by atoms with van der Waals surface area (Å²) in [5, 5.41) is 3.64. The van der Waals surface area contributed by atoms with Gasteiger partial charge in [-0.15, -0.1) is 0 Å². The molecule has 0 fully saturated rings. The Morgan fingerprint density at radius 3 is 2.71 bits per heavy atom. The average Bonchev–Trinajstić information content (AvgIpc) is 2.36. The molecule has 0 aromatic heterocycles. The van der Waals surface area contributed by atoms with Gasteiger partial charge in [0.05, 0.1) is 0 Å². The van der Waals surface area contributed by atoms with E-state index >= 15 is 0 Å². The minimum atomic E-state index is 0.683. The molecular formula is C13H19N. The fraction of sp³-hybridized carbons (Fsp3) is 0.538. The fourth-order valence-electron chi connectivity index (χ4n) is 2.41. The Balaban J connectivity index is 2.23. The van der Waals surface area contributed by atoms with Gasteiger partial charge in [-0.2, -0.15) is 0 Å². The zero-order valence-corrected chi connectivity index (χ0v) is 9.09. The molecule has 0 bridgehead atoms. The molecule has 1 heterocycles. The van der Waals surface area contributed by atoms with Crippen molar-refractivity contribution in [1.29, 1.82) is 0 Å². The topological polar surface area (TPSA) is 12.0 Å². The van der Waals surface area contributed by atoms with Crippen LogP contribution in [-0.2, 0) is 13.0 Å². The van der Waals surface area contributed by atoms with Gasteiger partial charge in [0.25, 0.3) is 0 Å². The van der Waals surface area contributed by atoms with Gasteiger partial charge in [0, 0.05) is 12.6 Å². The first-order valence-corrected chi connectivity index (χ1v) is 5.61. The molecule has 2 unspecified atom stereocenters. The summed E-state index contributed by atoms with van der Waals surface area (Å²) in [4.78, 5) is 0. The highest BCUT2D eigenvalue weighted by molar-refractivity contribution is 5.28. The van der Waals surface area contributed by atoms with E-state index in [1.807, 2.05) is 0 Å². The monoisotopic (exact) mass is 189 g/mol. The zero-order chi connectivity index (χ0) is 9.97. The van der Waals surface area contributed by atoms with Crippen molar-refractivity contribution in [3.05, 3.63) is 35.4 Å². The first-order chi connectivity index (χ1) is 6.81. The molecule has 14 heavy (non-hydrogen) atoms. The van der Waals surface area contributed by atoms with Crippen LogP contribution in [0.4, 0.5) is 0 Å². The van der Waals surface area contributed by atoms with Crippen LogP contribution in [0.15, 0.2) is 24.3 Å². The van der Waals surface area contributed by atoms with Crippen LogP contribution in [0.25, 0.3) is 0 Å². The van der Waals surface area contributed by atoms with Gasteiger partial charge in [-0.05, 0) is 29.9 Å². The van der Waals surface area contributed by atoms with Crippen LogP contribution in [0.1, 0.15) is 31.4 Å². The second kappa shape index (κ2) is 4.14. The van der Waals surface area contributed by atoms with Gasteiger partial charge in [0.1, 0.15) is 0 Å². The number of hydrogen-bond acceptors (Lipinski definition) is 1. The van der Waals surface area contributed by atoms with Gasteiger partial charge in [0.2, 0.25) is 0 Å². The number of fused-ring (bicyclic) bond motifs is 1. The number of hydrogen-bond donors (Lipinski definition) is 1. The quantitative estimate of drug-likeness (QED) is 0.716. The summed E-state index contributed by atoms with van der Waals surface area (Å²) in [5.41, 5.74) is 3.01. The first-order valence-electron chi connectivity index (χ1n) is 5.61. The van der Waals surface area contributed by atoms with Gasteiger partial charge in [-0.3, -0.25) is 0 Å². The minimum Gasteiger partial charge on any atom is -0.310 e. The molecule has 0 spiro atoms. The summed E-state index contributed by atoms with van der Waals surface area (Å²) >= 11 is 0. The van der Waals surface area contributed by atoms with Crippen LogP contribution in [0.2, 0.25) is 0 Å². The number of benzene rings is 1. The highest BCUT2D eigenvalue weighted by Crippen LogP contribution is 2.21.